The molecule has 2 aliphatic rings. The third kappa shape index (κ3) is 3.23. The van der Waals surface area contributed by atoms with E-state index in [-0.39, 0.29) is 11.9 Å². The first-order valence-corrected chi connectivity index (χ1v) is 10.6. The second-order valence-corrected chi connectivity index (χ2v) is 8.76. The molecule has 0 bridgehead atoms. The first-order valence-electron chi connectivity index (χ1n) is 10.6. The minimum absolute atomic E-state index is 0.0927. The highest BCUT2D eigenvalue weighted by Crippen LogP contribution is 2.46. The van der Waals surface area contributed by atoms with Gasteiger partial charge in [-0.1, -0.05) is 24.3 Å². The van der Waals surface area contributed by atoms with E-state index in [0.717, 1.165) is 37.6 Å². The lowest BCUT2D eigenvalue weighted by molar-refractivity contribution is 0.0698. The van der Waals surface area contributed by atoms with Crippen molar-refractivity contribution < 1.29 is 4.79 Å². The number of hydrogen-bond acceptors (Lipinski definition) is 4. The molecule has 0 unspecified atom stereocenters. The molecular formula is C23H28N6O. The maximum atomic E-state index is 13.6. The number of nitrogens with one attached hydrogen (secondary N) is 1. The number of carbonyl (C=O) groups is 1. The molecule has 2 saturated heterocycles. The highest BCUT2D eigenvalue weighted by molar-refractivity contribution is 5.95. The Morgan fingerprint density at radius 3 is 2.73 bits per heavy atom. The largest absolute Gasteiger partial charge is 0.347 e. The number of nitrogens with zero attached hydrogens (tertiary/aromatic N) is 5. The molecule has 7 heteroatoms. The van der Waals surface area contributed by atoms with Crippen molar-refractivity contribution in [2.45, 2.75) is 26.4 Å². The smallest absolute Gasteiger partial charge is 0.257 e. The highest BCUT2D eigenvalue weighted by atomic mass is 16.2. The Kier molecular flexibility index (Phi) is 4.70. The molecule has 4 heterocycles. The molecule has 1 N–H and O–H groups in total. The van der Waals surface area contributed by atoms with E-state index in [1.807, 2.05) is 26.4 Å². The number of likely N-dealkylation sites (tertiary alicyclic amines) is 2. The molecule has 30 heavy (non-hydrogen) atoms. The zero-order valence-corrected chi connectivity index (χ0v) is 17.7. The van der Waals surface area contributed by atoms with Gasteiger partial charge >= 0.3 is 0 Å². The van der Waals surface area contributed by atoms with E-state index in [1.165, 1.54) is 11.1 Å². The standard InChI is InChI=1S/C23H28N6O/c1-15-6-4-5-7-19(15)22-21-13-28(11-18-8-24-14-25-18)9-17(21)10-29(22)23(30)20-12-27(3)26-16(20)2/h4-8,12,14,17,21-22H,9-11,13H2,1-3H3,(H,24,25)/t17-,21-,22+/m0/s1. The lowest BCUT2D eigenvalue weighted by atomic mass is 9.87. The number of amides is 1. The van der Waals surface area contributed by atoms with Crippen molar-refractivity contribution in [2.24, 2.45) is 18.9 Å². The van der Waals surface area contributed by atoms with Gasteiger partial charge in [0, 0.05) is 57.2 Å². The first-order chi connectivity index (χ1) is 14.5. The van der Waals surface area contributed by atoms with Gasteiger partial charge in [0.1, 0.15) is 0 Å². The summed E-state index contributed by atoms with van der Waals surface area (Å²) in [4.78, 5) is 25.5. The quantitative estimate of drug-likeness (QED) is 0.726. The molecule has 2 aliphatic heterocycles. The predicted octanol–water partition coefficient (Wildman–Crippen LogP) is 2.71. The Morgan fingerprint density at radius 1 is 1.20 bits per heavy atom. The summed E-state index contributed by atoms with van der Waals surface area (Å²) in [6.07, 6.45) is 5.48. The zero-order chi connectivity index (χ0) is 20.8. The van der Waals surface area contributed by atoms with Gasteiger partial charge in [0.15, 0.2) is 0 Å². The minimum Gasteiger partial charge on any atom is -0.347 e. The van der Waals surface area contributed by atoms with Crippen LogP contribution in [0, 0.1) is 25.7 Å². The molecule has 5 rings (SSSR count). The van der Waals surface area contributed by atoms with E-state index < -0.39 is 0 Å². The number of benzene rings is 1. The Hall–Kier alpha value is -2.93. The average molecular weight is 405 g/mol. The van der Waals surface area contributed by atoms with Gasteiger partial charge < -0.3 is 9.88 Å². The summed E-state index contributed by atoms with van der Waals surface area (Å²) in [7, 11) is 1.87. The highest BCUT2D eigenvalue weighted by Gasteiger charge is 2.49. The molecule has 156 valence electrons. The molecule has 0 radical (unpaired) electrons. The molecule has 7 nitrogen and oxygen atoms in total. The summed E-state index contributed by atoms with van der Waals surface area (Å²) in [5, 5.41) is 4.40. The Balaban J connectivity index is 1.46. The molecule has 1 aromatic carbocycles. The van der Waals surface area contributed by atoms with Crippen LogP contribution in [0.4, 0.5) is 0 Å². The molecule has 2 aromatic heterocycles. The van der Waals surface area contributed by atoms with Crippen molar-refractivity contribution in [3.63, 3.8) is 0 Å². The van der Waals surface area contributed by atoms with Gasteiger partial charge in [0.25, 0.3) is 5.91 Å². The van der Waals surface area contributed by atoms with Gasteiger partial charge in [-0.25, -0.2) is 4.98 Å². The molecule has 0 aliphatic carbocycles. The Labute approximate surface area is 176 Å². The van der Waals surface area contributed by atoms with Crippen LogP contribution in [0.5, 0.6) is 0 Å². The number of rotatable bonds is 4. The number of carbonyl (C=O) groups excluding carboxylic acids is 1. The van der Waals surface area contributed by atoms with Crippen LogP contribution in [0.2, 0.25) is 0 Å². The summed E-state index contributed by atoms with van der Waals surface area (Å²) in [5.41, 5.74) is 5.16. The van der Waals surface area contributed by atoms with E-state index in [4.69, 9.17) is 0 Å². The first kappa shape index (κ1) is 19.1. The Morgan fingerprint density at radius 2 is 2.03 bits per heavy atom. The molecule has 1 amide bonds. The Bertz CT molecular complexity index is 1060. The third-order valence-corrected chi connectivity index (χ3v) is 6.70. The van der Waals surface area contributed by atoms with Crippen LogP contribution in [0.1, 0.15) is 38.9 Å². The maximum Gasteiger partial charge on any atom is 0.257 e. The van der Waals surface area contributed by atoms with Crippen LogP contribution < -0.4 is 0 Å². The normalized spacial score (nSPS) is 23.8. The van der Waals surface area contributed by atoms with E-state index >= 15 is 0 Å². The molecule has 3 atom stereocenters. The molecular weight excluding hydrogens is 376 g/mol. The van der Waals surface area contributed by atoms with E-state index in [2.05, 4.69) is 56.1 Å². The number of hydrogen-bond donors (Lipinski definition) is 1. The number of aromatic amines is 1. The van der Waals surface area contributed by atoms with Gasteiger partial charge in [0.2, 0.25) is 0 Å². The summed E-state index contributed by atoms with van der Waals surface area (Å²) in [6, 6.07) is 8.59. The number of imidazole rings is 1. The van der Waals surface area contributed by atoms with Gasteiger partial charge in [-0.15, -0.1) is 0 Å². The minimum atomic E-state index is 0.0927. The lowest BCUT2D eigenvalue weighted by Crippen LogP contribution is -2.36. The molecule has 0 spiro atoms. The van der Waals surface area contributed by atoms with E-state index in [9.17, 15) is 4.79 Å². The van der Waals surface area contributed by atoms with Crippen molar-refractivity contribution in [3.8, 4) is 0 Å². The van der Waals surface area contributed by atoms with Crippen molar-refractivity contribution in [1.82, 2.24) is 29.5 Å². The van der Waals surface area contributed by atoms with Crippen LogP contribution in [0.3, 0.4) is 0 Å². The fourth-order valence-corrected chi connectivity index (χ4v) is 5.37. The zero-order valence-electron chi connectivity index (χ0n) is 17.7. The summed E-state index contributed by atoms with van der Waals surface area (Å²) in [5.74, 6) is 0.997. The van der Waals surface area contributed by atoms with Crippen LogP contribution in [-0.4, -0.2) is 55.1 Å². The number of H-pyrrole nitrogens is 1. The molecule has 2 fully saturated rings. The van der Waals surface area contributed by atoms with Crippen LogP contribution >= 0.6 is 0 Å². The number of fused-ring (bicyclic) bond motifs is 1. The summed E-state index contributed by atoms with van der Waals surface area (Å²) >= 11 is 0. The second kappa shape index (κ2) is 7.40. The van der Waals surface area contributed by atoms with Gasteiger partial charge in [-0.2, -0.15) is 5.10 Å². The number of aryl methyl sites for hydroxylation is 3. The van der Waals surface area contributed by atoms with Crippen molar-refractivity contribution >= 4 is 5.91 Å². The maximum absolute atomic E-state index is 13.6. The topological polar surface area (TPSA) is 70.1 Å². The van der Waals surface area contributed by atoms with Crippen LogP contribution in [0.15, 0.2) is 43.0 Å². The van der Waals surface area contributed by atoms with Crippen molar-refractivity contribution in [1.29, 1.82) is 0 Å². The van der Waals surface area contributed by atoms with E-state index in [0.29, 0.717) is 17.4 Å². The van der Waals surface area contributed by atoms with Crippen LogP contribution in [-0.2, 0) is 13.6 Å². The SMILES string of the molecule is Cc1ccccc1[C@@H]1[C@H]2CN(Cc3cnc[nH]3)C[C@H]2CN1C(=O)c1cn(C)nc1C. The van der Waals surface area contributed by atoms with Crippen LogP contribution in [0.25, 0.3) is 0 Å². The predicted molar refractivity (Wildman–Crippen MR) is 114 cm³/mol. The fourth-order valence-electron chi connectivity index (χ4n) is 5.37. The third-order valence-electron chi connectivity index (χ3n) is 6.70. The summed E-state index contributed by atoms with van der Waals surface area (Å²) < 4.78 is 1.73. The van der Waals surface area contributed by atoms with Crippen molar-refractivity contribution in [3.05, 3.63) is 71.1 Å². The van der Waals surface area contributed by atoms with E-state index in [1.54, 1.807) is 11.0 Å². The lowest BCUT2D eigenvalue weighted by Gasteiger charge is -2.31. The summed E-state index contributed by atoms with van der Waals surface area (Å²) in [6.45, 7) is 7.72. The fraction of sp³-hybridized carbons (Fsp3) is 0.435. The second-order valence-electron chi connectivity index (χ2n) is 8.76. The van der Waals surface area contributed by atoms with Gasteiger partial charge in [0.05, 0.1) is 23.6 Å². The molecule has 0 saturated carbocycles. The molecule has 3 aromatic rings. The number of aromatic nitrogens is 4. The average Bonchev–Trinajstić information content (AvgIpc) is 3.47. The van der Waals surface area contributed by atoms with Crippen molar-refractivity contribution in [2.75, 3.05) is 19.6 Å². The monoisotopic (exact) mass is 404 g/mol. The van der Waals surface area contributed by atoms with Gasteiger partial charge in [-0.05, 0) is 30.9 Å². The van der Waals surface area contributed by atoms with Gasteiger partial charge in [-0.3, -0.25) is 14.4 Å².